The molecule has 3 rings (SSSR count). The third-order valence-electron chi connectivity index (χ3n) is 3.56. The number of anilines is 1. The molecule has 1 amide bonds. The van der Waals surface area contributed by atoms with E-state index in [0.29, 0.717) is 5.69 Å². The molecule has 0 atom stereocenters. The molecule has 3 aromatic rings. The molecule has 0 aliphatic heterocycles. The average Bonchev–Trinajstić information content (AvgIpc) is 3.17. The minimum Gasteiger partial charge on any atom is -0.325 e. The molecule has 0 saturated carbocycles. The Morgan fingerprint density at radius 3 is 2.58 bits per heavy atom. The second kappa shape index (κ2) is 7.73. The molecule has 0 aliphatic rings. The van der Waals surface area contributed by atoms with Crippen molar-refractivity contribution in [3.8, 4) is 10.6 Å². The number of amides is 1. The maximum absolute atomic E-state index is 12.4. The lowest BCUT2D eigenvalue weighted by atomic mass is 10.2. The lowest BCUT2D eigenvalue weighted by molar-refractivity contribution is -0.116. The summed E-state index contributed by atoms with van der Waals surface area (Å²) in [6.45, 7) is -0.300. The Labute approximate surface area is 155 Å². The topological polar surface area (TPSA) is 92.3 Å². The molecular weight excluding hydrogens is 372 g/mol. The Balaban J connectivity index is 1.63. The minimum absolute atomic E-state index is 0.0445. The molecule has 26 heavy (non-hydrogen) atoms. The largest absolute Gasteiger partial charge is 0.325 e. The fraction of sp³-hybridized carbons (Fsp3) is 0.118. The van der Waals surface area contributed by atoms with E-state index in [4.69, 9.17) is 0 Å². The third kappa shape index (κ3) is 4.13. The standard InChI is InChI=1S/C17H16N4O3S2/c1-21(26(23,24)15-3-2-8-18-11-15)12-16(22)20-14-6-4-13(5-7-14)17-19-9-10-25-17/h2-11H,12H2,1H3,(H,20,22). The highest BCUT2D eigenvalue weighted by molar-refractivity contribution is 7.89. The van der Waals surface area contributed by atoms with Gasteiger partial charge in [-0.2, -0.15) is 4.31 Å². The Kier molecular flexibility index (Phi) is 5.40. The molecule has 9 heteroatoms. The van der Waals surface area contributed by atoms with Gasteiger partial charge in [-0.25, -0.2) is 13.4 Å². The van der Waals surface area contributed by atoms with Crippen LogP contribution in [0.2, 0.25) is 0 Å². The molecule has 0 radical (unpaired) electrons. The Hall–Kier alpha value is -2.62. The van der Waals surface area contributed by atoms with Gasteiger partial charge >= 0.3 is 0 Å². The van der Waals surface area contributed by atoms with Gasteiger partial charge in [-0.15, -0.1) is 11.3 Å². The van der Waals surface area contributed by atoms with Crippen LogP contribution >= 0.6 is 11.3 Å². The molecule has 0 unspecified atom stereocenters. The molecular formula is C17H16N4O3S2. The van der Waals surface area contributed by atoms with Crippen LogP contribution in [0.25, 0.3) is 10.6 Å². The monoisotopic (exact) mass is 388 g/mol. The third-order valence-corrected chi connectivity index (χ3v) is 6.17. The first kappa shape index (κ1) is 18.2. The van der Waals surface area contributed by atoms with Gasteiger partial charge in [0.05, 0.1) is 6.54 Å². The number of hydrogen-bond donors (Lipinski definition) is 1. The van der Waals surface area contributed by atoms with E-state index >= 15 is 0 Å². The first-order valence-corrected chi connectivity index (χ1v) is 9.95. The zero-order valence-electron chi connectivity index (χ0n) is 13.9. The maximum atomic E-state index is 12.4. The van der Waals surface area contributed by atoms with Gasteiger partial charge in [-0.05, 0) is 36.4 Å². The number of carbonyl (C=O) groups excluding carboxylic acids is 1. The smallest absolute Gasteiger partial charge is 0.244 e. The molecule has 1 aromatic carbocycles. The van der Waals surface area contributed by atoms with Gasteiger partial charge in [0.1, 0.15) is 9.90 Å². The van der Waals surface area contributed by atoms with Crippen LogP contribution in [-0.4, -0.2) is 42.2 Å². The molecule has 0 bridgehead atoms. The van der Waals surface area contributed by atoms with Crippen LogP contribution in [0.15, 0.2) is 65.3 Å². The summed E-state index contributed by atoms with van der Waals surface area (Å²) in [5, 5.41) is 5.48. The van der Waals surface area contributed by atoms with E-state index in [1.54, 1.807) is 18.3 Å². The predicted molar refractivity (Wildman–Crippen MR) is 100 cm³/mol. The quantitative estimate of drug-likeness (QED) is 0.700. The van der Waals surface area contributed by atoms with E-state index < -0.39 is 15.9 Å². The summed E-state index contributed by atoms with van der Waals surface area (Å²) in [6.07, 6.45) is 4.47. The number of thiazole rings is 1. The summed E-state index contributed by atoms with van der Waals surface area (Å²) in [5.41, 5.74) is 1.54. The van der Waals surface area contributed by atoms with Gasteiger partial charge in [0, 0.05) is 42.3 Å². The van der Waals surface area contributed by atoms with Crippen molar-refractivity contribution in [2.75, 3.05) is 18.9 Å². The number of rotatable bonds is 6. The van der Waals surface area contributed by atoms with Crippen LogP contribution < -0.4 is 5.32 Å². The van der Waals surface area contributed by atoms with E-state index in [9.17, 15) is 13.2 Å². The first-order valence-electron chi connectivity index (χ1n) is 7.63. The Bertz CT molecular complexity index is 973. The Morgan fingerprint density at radius 1 is 1.19 bits per heavy atom. The van der Waals surface area contributed by atoms with Gasteiger partial charge in [-0.1, -0.05) is 0 Å². The lowest BCUT2D eigenvalue weighted by Crippen LogP contribution is -2.35. The van der Waals surface area contributed by atoms with E-state index in [-0.39, 0.29) is 11.4 Å². The van der Waals surface area contributed by atoms with Crippen molar-refractivity contribution >= 4 is 33.0 Å². The summed E-state index contributed by atoms with van der Waals surface area (Å²) in [5.74, 6) is -0.429. The van der Waals surface area contributed by atoms with Gasteiger partial charge in [0.2, 0.25) is 15.9 Å². The van der Waals surface area contributed by atoms with Gasteiger partial charge in [0.25, 0.3) is 0 Å². The zero-order chi connectivity index (χ0) is 18.6. The summed E-state index contributed by atoms with van der Waals surface area (Å²) >= 11 is 1.53. The molecule has 2 aromatic heterocycles. The van der Waals surface area contributed by atoms with Crippen molar-refractivity contribution in [1.29, 1.82) is 0 Å². The fourth-order valence-electron chi connectivity index (χ4n) is 2.23. The second-order valence-electron chi connectivity index (χ2n) is 5.41. The SMILES string of the molecule is CN(CC(=O)Nc1ccc(-c2nccs2)cc1)S(=O)(=O)c1cccnc1. The average molecular weight is 388 g/mol. The molecule has 2 heterocycles. The summed E-state index contributed by atoms with van der Waals surface area (Å²) in [6, 6.07) is 10.2. The van der Waals surface area contributed by atoms with Crippen molar-refractivity contribution in [1.82, 2.24) is 14.3 Å². The predicted octanol–water partition coefficient (Wildman–Crippen LogP) is 2.46. The molecule has 1 N–H and O–H groups in total. The van der Waals surface area contributed by atoms with Crippen molar-refractivity contribution in [3.05, 3.63) is 60.4 Å². The van der Waals surface area contributed by atoms with Gasteiger partial charge in [0.15, 0.2) is 0 Å². The van der Waals surface area contributed by atoms with Crippen molar-refractivity contribution < 1.29 is 13.2 Å². The van der Waals surface area contributed by atoms with Crippen LogP contribution in [-0.2, 0) is 14.8 Å². The van der Waals surface area contributed by atoms with Gasteiger partial charge in [-0.3, -0.25) is 9.78 Å². The normalized spacial score (nSPS) is 11.5. The van der Waals surface area contributed by atoms with Gasteiger partial charge < -0.3 is 5.32 Å². The van der Waals surface area contributed by atoms with Crippen molar-refractivity contribution in [2.24, 2.45) is 0 Å². The summed E-state index contributed by atoms with van der Waals surface area (Å²) < 4.78 is 25.8. The van der Waals surface area contributed by atoms with Crippen LogP contribution in [0, 0.1) is 0 Å². The fourth-order valence-corrected chi connectivity index (χ4v) is 3.97. The van der Waals surface area contributed by atoms with Crippen molar-refractivity contribution in [3.63, 3.8) is 0 Å². The van der Waals surface area contributed by atoms with Crippen LogP contribution in [0.4, 0.5) is 5.69 Å². The van der Waals surface area contributed by atoms with E-state index in [2.05, 4.69) is 15.3 Å². The molecule has 0 saturated heterocycles. The number of benzene rings is 1. The van der Waals surface area contributed by atoms with Crippen LogP contribution in [0.1, 0.15) is 0 Å². The summed E-state index contributed by atoms with van der Waals surface area (Å²) in [4.78, 5) is 20.2. The number of nitrogens with one attached hydrogen (secondary N) is 1. The molecule has 0 aliphatic carbocycles. The minimum atomic E-state index is -3.76. The van der Waals surface area contributed by atoms with Crippen LogP contribution in [0.3, 0.4) is 0 Å². The highest BCUT2D eigenvalue weighted by Crippen LogP contribution is 2.23. The van der Waals surface area contributed by atoms with E-state index in [0.717, 1.165) is 14.9 Å². The number of pyridine rings is 1. The number of likely N-dealkylation sites (N-methyl/N-ethyl adjacent to an activating group) is 1. The number of hydrogen-bond acceptors (Lipinski definition) is 6. The number of sulfonamides is 1. The highest BCUT2D eigenvalue weighted by atomic mass is 32.2. The molecule has 0 fully saturated rings. The van der Waals surface area contributed by atoms with E-state index in [1.165, 1.54) is 42.9 Å². The zero-order valence-corrected chi connectivity index (χ0v) is 15.5. The number of carbonyl (C=O) groups is 1. The van der Waals surface area contributed by atoms with Crippen molar-refractivity contribution in [2.45, 2.75) is 4.90 Å². The number of aromatic nitrogens is 2. The first-order chi connectivity index (χ1) is 12.5. The van der Waals surface area contributed by atoms with Crippen LogP contribution in [0.5, 0.6) is 0 Å². The second-order valence-corrected chi connectivity index (χ2v) is 8.35. The molecule has 0 spiro atoms. The maximum Gasteiger partial charge on any atom is 0.244 e. The highest BCUT2D eigenvalue weighted by Gasteiger charge is 2.23. The lowest BCUT2D eigenvalue weighted by Gasteiger charge is -2.16. The molecule has 134 valence electrons. The molecule has 7 nitrogen and oxygen atoms in total. The van der Waals surface area contributed by atoms with E-state index in [1.807, 2.05) is 17.5 Å². The number of nitrogens with zero attached hydrogens (tertiary/aromatic N) is 3. The Morgan fingerprint density at radius 2 is 1.96 bits per heavy atom. The summed E-state index contributed by atoms with van der Waals surface area (Å²) in [7, 11) is -2.40.